The van der Waals surface area contributed by atoms with Crippen LogP contribution in [0.5, 0.6) is 0 Å². The standard InChI is InChI=1S/C10H19BrN2O/c1-8(5-11)6-13-4-2-3-9(7-13)10(12)14/h8-9H,2-7H2,1H3,(H2,12,14). The number of rotatable bonds is 4. The molecule has 4 heteroatoms. The average molecular weight is 263 g/mol. The minimum atomic E-state index is -0.138. The second-order valence-corrected chi connectivity index (χ2v) is 4.91. The van der Waals surface area contributed by atoms with Crippen LogP contribution in [-0.4, -0.2) is 35.8 Å². The van der Waals surface area contributed by atoms with Crippen LogP contribution in [0.2, 0.25) is 0 Å². The summed E-state index contributed by atoms with van der Waals surface area (Å²) in [6.45, 7) is 5.24. The van der Waals surface area contributed by atoms with Crippen molar-refractivity contribution in [2.45, 2.75) is 19.8 Å². The number of halogens is 1. The molecule has 0 aliphatic carbocycles. The fourth-order valence-corrected chi connectivity index (χ4v) is 2.15. The van der Waals surface area contributed by atoms with Gasteiger partial charge in [-0.25, -0.2) is 0 Å². The van der Waals surface area contributed by atoms with Crippen molar-refractivity contribution < 1.29 is 4.79 Å². The summed E-state index contributed by atoms with van der Waals surface area (Å²) in [7, 11) is 0. The Labute approximate surface area is 94.1 Å². The van der Waals surface area contributed by atoms with E-state index in [1.54, 1.807) is 0 Å². The lowest BCUT2D eigenvalue weighted by molar-refractivity contribution is -0.123. The van der Waals surface area contributed by atoms with Gasteiger partial charge in [-0.3, -0.25) is 4.79 Å². The van der Waals surface area contributed by atoms with Gasteiger partial charge in [0.05, 0.1) is 5.92 Å². The SMILES string of the molecule is CC(CBr)CN1CCCC(C(N)=O)C1. The molecule has 0 aromatic rings. The maximum absolute atomic E-state index is 11.0. The Morgan fingerprint density at radius 2 is 2.43 bits per heavy atom. The van der Waals surface area contributed by atoms with Gasteiger partial charge in [0, 0.05) is 18.4 Å². The summed E-state index contributed by atoms with van der Waals surface area (Å²) in [5.41, 5.74) is 5.32. The molecule has 0 bridgehead atoms. The highest BCUT2D eigenvalue weighted by Gasteiger charge is 2.24. The number of carbonyl (C=O) groups excluding carboxylic acids is 1. The quantitative estimate of drug-likeness (QED) is 0.775. The van der Waals surface area contributed by atoms with Crippen LogP contribution in [0.3, 0.4) is 0 Å². The highest BCUT2D eigenvalue weighted by atomic mass is 79.9. The van der Waals surface area contributed by atoms with Crippen LogP contribution in [0.4, 0.5) is 0 Å². The molecule has 0 radical (unpaired) electrons. The van der Waals surface area contributed by atoms with Crippen molar-refractivity contribution >= 4 is 21.8 Å². The second kappa shape index (κ2) is 5.71. The van der Waals surface area contributed by atoms with E-state index in [0.717, 1.165) is 37.8 Å². The first-order valence-corrected chi connectivity index (χ1v) is 6.33. The second-order valence-electron chi connectivity index (χ2n) is 4.26. The molecule has 1 heterocycles. The first-order chi connectivity index (χ1) is 6.63. The zero-order valence-corrected chi connectivity index (χ0v) is 10.3. The summed E-state index contributed by atoms with van der Waals surface area (Å²) in [4.78, 5) is 13.4. The molecule has 2 unspecified atom stereocenters. The number of alkyl halides is 1. The van der Waals surface area contributed by atoms with Gasteiger partial charge < -0.3 is 10.6 Å². The fraction of sp³-hybridized carbons (Fsp3) is 0.900. The van der Waals surface area contributed by atoms with Crippen LogP contribution in [0, 0.1) is 11.8 Å². The van der Waals surface area contributed by atoms with E-state index < -0.39 is 0 Å². The normalized spacial score (nSPS) is 26.0. The van der Waals surface area contributed by atoms with Gasteiger partial charge >= 0.3 is 0 Å². The Hall–Kier alpha value is -0.0900. The molecule has 2 N–H and O–H groups in total. The minimum Gasteiger partial charge on any atom is -0.369 e. The molecule has 1 rings (SSSR count). The first-order valence-electron chi connectivity index (χ1n) is 5.21. The molecule has 1 fully saturated rings. The molecule has 1 aliphatic heterocycles. The summed E-state index contributed by atoms with van der Waals surface area (Å²) in [5.74, 6) is 0.578. The topological polar surface area (TPSA) is 46.3 Å². The number of nitrogens with zero attached hydrogens (tertiary/aromatic N) is 1. The van der Waals surface area contributed by atoms with E-state index >= 15 is 0 Å². The average Bonchev–Trinajstić information content (AvgIpc) is 2.18. The first kappa shape index (κ1) is 12.0. The van der Waals surface area contributed by atoms with Gasteiger partial charge in [-0.05, 0) is 25.3 Å². The molecule has 0 saturated carbocycles. The summed E-state index contributed by atoms with van der Waals surface area (Å²) in [6, 6.07) is 0. The van der Waals surface area contributed by atoms with Crippen LogP contribution in [0.1, 0.15) is 19.8 Å². The van der Waals surface area contributed by atoms with Crippen LogP contribution >= 0.6 is 15.9 Å². The van der Waals surface area contributed by atoms with E-state index in [-0.39, 0.29) is 11.8 Å². The monoisotopic (exact) mass is 262 g/mol. The Bertz CT molecular complexity index is 199. The van der Waals surface area contributed by atoms with E-state index in [4.69, 9.17) is 5.73 Å². The van der Waals surface area contributed by atoms with Crippen molar-refractivity contribution in [2.75, 3.05) is 25.0 Å². The van der Waals surface area contributed by atoms with Crippen molar-refractivity contribution in [3.8, 4) is 0 Å². The Kier molecular flexibility index (Phi) is 4.89. The van der Waals surface area contributed by atoms with E-state index in [1.807, 2.05) is 0 Å². The van der Waals surface area contributed by atoms with E-state index in [2.05, 4.69) is 27.8 Å². The Balaban J connectivity index is 2.36. The number of amides is 1. The van der Waals surface area contributed by atoms with E-state index in [0.29, 0.717) is 5.92 Å². The Morgan fingerprint density at radius 1 is 1.71 bits per heavy atom. The summed E-state index contributed by atoms with van der Waals surface area (Å²) in [6.07, 6.45) is 2.07. The van der Waals surface area contributed by atoms with Gasteiger partial charge in [0.1, 0.15) is 0 Å². The number of carbonyl (C=O) groups is 1. The zero-order valence-electron chi connectivity index (χ0n) is 8.71. The molecule has 0 spiro atoms. The van der Waals surface area contributed by atoms with Crippen molar-refractivity contribution in [3.05, 3.63) is 0 Å². The van der Waals surface area contributed by atoms with Crippen molar-refractivity contribution in [2.24, 2.45) is 17.6 Å². The van der Waals surface area contributed by atoms with Gasteiger partial charge in [0.25, 0.3) is 0 Å². The smallest absolute Gasteiger partial charge is 0.221 e. The zero-order chi connectivity index (χ0) is 10.6. The molecule has 1 amide bonds. The third-order valence-corrected chi connectivity index (χ3v) is 3.85. The lowest BCUT2D eigenvalue weighted by Gasteiger charge is -2.32. The molecule has 3 nitrogen and oxygen atoms in total. The maximum Gasteiger partial charge on any atom is 0.221 e. The minimum absolute atomic E-state index is 0.0753. The Morgan fingerprint density at radius 3 is 3.00 bits per heavy atom. The molecule has 82 valence electrons. The number of hydrogen-bond acceptors (Lipinski definition) is 2. The number of piperidine rings is 1. The molecule has 0 aromatic heterocycles. The fourth-order valence-electron chi connectivity index (χ4n) is 1.94. The third kappa shape index (κ3) is 3.58. The van der Waals surface area contributed by atoms with E-state index in [1.165, 1.54) is 0 Å². The predicted octanol–water partition coefficient (Wildman–Crippen LogP) is 1.21. The van der Waals surface area contributed by atoms with Crippen molar-refractivity contribution in [1.82, 2.24) is 4.90 Å². The molecule has 14 heavy (non-hydrogen) atoms. The highest BCUT2D eigenvalue weighted by molar-refractivity contribution is 9.09. The summed E-state index contributed by atoms with van der Waals surface area (Å²) in [5, 5.41) is 1.02. The number of primary amides is 1. The highest BCUT2D eigenvalue weighted by Crippen LogP contribution is 2.17. The molecule has 1 aliphatic rings. The molecule has 0 aromatic carbocycles. The lowest BCUT2D eigenvalue weighted by atomic mass is 9.97. The molecule has 2 atom stereocenters. The molecular formula is C10H19BrN2O. The van der Waals surface area contributed by atoms with Gasteiger partial charge in [0.15, 0.2) is 0 Å². The van der Waals surface area contributed by atoms with Crippen LogP contribution in [0.25, 0.3) is 0 Å². The summed E-state index contributed by atoms with van der Waals surface area (Å²) >= 11 is 3.47. The van der Waals surface area contributed by atoms with Gasteiger partial charge in [-0.15, -0.1) is 0 Å². The number of nitrogens with two attached hydrogens (primary N) is 1. The molecular weight excluding hydrogens is 244 g/mol. The van der Waals surface area contributed by atoms with Crippen molar-refractivity contribution in [3.63, 3.8) is 0 Å². The van der Waals surface area contributed by atoms with E-state index in [9.17, 15) is 4.79 Å². The van der Waals surface area contributed by atoms with Gasteiger partial charge in [-0.2, -0.15) is 0 Å². The van der Waals surface area contributed by atoms with Gasteiger partial charge in [0.2, 0.25) is 5.91 Å². The predicted molar refractivity (Wildman–Crippen MR) is 61.3 cm³/mol. The van der Waals surface area contributed by atoms with Crippen LogP contribution in [0.15, 0.2) is 0 Å². The summed E-state index contributed by atoms with van der Waals surface area (Å²) < 4.78 is 0. The lowest BCUT2D eigenvalue weighted by Crippen LogP contribution is -2.42. The van der Waals surface area contributed by atoms with Crippen molar-refractivity contribution in [1.29, 1.82) is 0 Å². The van der Waals surface area contributed by atoms with Crippen LogP contribution in [-0.2, 0) is 4.79 Å². The number of hydrogen-bond donors (Lipinski definition) is 1. The third-order valence-electron chi connectivity index (χ3n) is 2.74. The maximum atomic E-state index is 11.0. The largest absolute Gasteiger partial charge is 0.369 e. The number of likely N-dealkylation sites (tertiary alicyclic amines) is 1. The molecule has 1 saturated heterocycles. The van der Waals surface area contributed by atoms with Crippen LogP contribution < -0.4 is 5.73 Å². The van der Waals surface area contributed by atoms with Gasteiger partial charge in [-0.1, -0.05) is 22.9 Å².